The third-order valence-corrected chi connectivity index (χ3v) is 4.29. The number of rotatable bonds is 6. The van der Waals surface area contributed by atoms with E-state index >= 15 is 0 Å². The molecule has 2 aromatic rings. The summed E-state index contributed by atoms with van der Waals surface area (Å²) in [5.74, 6) is -0.534. The number of nitrogens with zero attached hydrogens (tertiary/aromatic N) is 2. The van der Waals surface area contributed by atoms with E-state index in [9.17, 15) is 18.0 Å². The van der Waals surface area contributed by atoms with Gasteiger partial charge in [0, 0.05) is 23.5 Å². The van der Waals surface area contributed by atoms with Gasteiger partial charge in [0.2, 0.25) is 0 Å². The highest BCUT2D eigenvalue weighted by atomic mass is 79.9. The molecule has 0 spiro atoms. The Morgan fingerprint density at radius 3 is 2.46 bits per heavy atom. The van der Waals surface area contributed by atoms with Gasteiger partial charge in [-0.05, 0) is 24.6 Å². The van der Waals surface area contributed by atoms with Gasteiger partial charge in [0.25, 0.3) is 0 Å². The highest BCUT2D eigenvalue weighted by Crippen LogP contribution is 2.38. The lowest BCUT2D eigenvalue weighted by Gasteiger charge is -2.14. The van der Waals surface area contributed by atoms with Crippen LogP contribution in [0.1, 0.15) is 29.3 Å². The van der Waals surface area contributed by atoms with Gasteiger partial charge in [-0.3, -0.25) is 4.79 Å². The van der Waals surface area contributed by atoms with Gasteiger partial charge in [-0.1, -0.05) is 22.9 Å². The second-order valence-electron chi connectivity index (χ2n) is 5.28. The van der Waals surface area contributed by atoms with Crippen LogP contribution >= 0.6 is 15.9 Å². The van der Waals surface area contributed by atoms with E-state index in [1.165, 1.54) is 31.6 Å². The van der Waals surface area contributed by atoms with Crippen molar-refractivity contribution < 1.29 is 27.4 Å². The van der Waals surface area contributed by atoms with Gasteiger partial charge in [-0.2, -0.15) is 13.2 Å². The summed E-state index contributed by atoms with van der Waals surface area (Å²) in [5, 5.41) is 0. The van der Waals surface area contributed by atoms with Crippen LogP contribution in [0.4, 0.5) is 13.2 Å². The standard InChI is InChI=1S/C17H16BrF3N2O3/c1-3-6-26-11-4-5-12(13(7-11)17(19,20)21)15-22-8-10(9-23-15)14(18)16(24)25-2/h4-5,7-9,14H,3,6H2,1-2H3. The number of esters is 1. The van der Waals surface area contributed by atoms with Gasteiger partial charge >= 0.3 is 12.1 Å². The lowest BCUT2D eigenvalue weighted by Crippen LogP contribution is -2.11. The summed E-state index contributed by atoms with van der Waals surface area (Å²) in [6.45, 7) is 2.18. The van der Waals surface area contributed by atoms with Crippen LogP contribution in [0.3, 0.4) is 0 Å². The first-order chi connectivity index (χ1) is 12.3. The van der Waals surface area contributed by atoms with Crippen molar-refractivity contribution in [3.05, 3.63) is 41.7 Å². The Hall–Kier alpha value is -2.16. The maximum absolute atomic E-state index is 13.4. The summed E-state index contributed by atoms with van der Waals surface area (Å²) in [7, 11) is 1.23. The van der Waals surface area contributed by atoms with Crippen molar-refractivity contribution in [1.29, 1.82) is 0 Å². The molecule has 1 unspecified atom stereocenters. The Labute approximate surface area is 156 Å². The average Bonchev–Trinajstić information content (AvgIpc) is 2.64. The van der Waals surface area contributed by atoms with Crippen molar-refractivity contribution in [2.45, 2.75) is 24.3 Å². The monoisotopic (exact) mass is 432 g/mol. The number of benzene rings is 1. The molecule has 0 amide bonds. The molecule has 0 N–H and O–H groups in total. The van der Waals surface area contributed by atoms with E-state index in [-0.39, 0.29) is 17.1 Å². The number of aromatic nitrogens is 2. The van der Waals surface area contributed by atoms with Crippen LogP contribution in [0.2, 0.25) is 0 Å². The first kappa shape index (κ1) is 20.2. The number of ether oxygens (including phenoxy) is 2. The summed E-state index contributed by atoms with van der Waals surface area (Å²) >= 11 is 3.12. The molecule has 9 heteroatoms. The molecule has 5 nitrogen and oxygen atoms in total. The van der Waals surface area contributed by atoms with Crippen LogP contribution in [-0.2, 0) is 15.7 Å². The Balaban J connectivity index is 2.39. The van der Waals surface area contributed by atoms with Crippen LogP contribution in [0.15, 0.2) is 30.6 Å². The van der Waals surface area contributed by atoms with E-state index in [1.54, 1.807) is 0 Å². The molecule has 0 aliphatic heterocycles. The number of halogens is 4. The Kier molecular flexibility index (Phi) is 6.57. The first-order valence-electron chi connectivity index (χ1n) is 7.66. The summed E-state index contributed by atoms with van der Waals surface area (Å²) < 4.78 is 50.1. The first-order valence-corrected chi connectivity index (χ1v) is 8.57. The van der Waals surface area contributed by atoms with Crippen molar-refractivity contribution in [2.75, 3.05) is 13.7 Å². The molecule has 0 bridgehead atoms. The molecule has 1 aromatic heterocycles. The average molecular weight is 433 g/mol. The predicted octanol–water partition coefficient (Wildman–Crippen LogP) is 4.56. The molecule has 26 heavy (non-hydrogen) atoms. The van der Waals surface area contributed by atoms with Gasteiger partial charge in [-0.25, -0.2) is 9.97 Å². The fraction of sp³-hybridized carbons (Fsp3) is 0.353. The summed E-state index contributed by atoms with van der Waals surface area (Å²) in [6, 6.07) is 3.65. The van der Waals surface area contributed by atoms with Crippen LogP contribution in [0, 0.1) is 0 Å². The molecule has 0 aliphatic rings. The van der Waals surface area contributed by atoms with Crippen molar-refractivity contribution in [2.24, 2.45) is 0 Å². The second-order valence-corrected chi connectivity index (χ2v) is 6.20. The normalized spacial score (nSPS) is 12.5. The molecular weight excluding hydrogens is 417 g/mol. The number of carbonyl (C=O) groups is 1. The zero-order valence-corrected chi connectivity index (χ0v) is 15.6. The molecule has 0 saturated heterocycles. The maximum Gasteiger partial charge on any atom is 0.417 e. The molecule has 0 saturated carbocycles. The third-order valence-electron chi connectivity index (χ3n) is 3.38. The molecule has 140 valence electrons. The van der Waals surface area contributed by atoms with Crippen LogP contribution in [0.5, 0.6) is 5.75 Å². The van der Waals surface area contributed by atoms with E-state index in [1.807, 2.05) is 6.92 Å². The van der Waals surface area contributed by atoms with Crippen LogP contribution in [-0.4, -0.2) is 29.7 Å². The molecular formula is C17H16BrF3N2O3. The van der Waals surface area contributed by atoms with Crippen molar-refractivity contribution in [3.63, 3.8) is 0 Å². The SMILES string of the molecule is CCCOc1ccc(-c2ncc(C(Br)C(=O)OC)cn2)c(C(F)(F)F)c1. The molecule has 1 heterocycles. The second kappa shape index (κ2) is 8.48. The fourth-order valence-electron chi connectivity index (χ4n) is 2.11. The lowest BCUT2D eigenvalue weighted by atomic mass is 10.1. The van der Waals surface area contributed by atoms with E-state index in [4.69, 9.17) is 4.74 Å². The number of carbonyl (C=O) groups excluding carboxylic acids is 1. The molecule has 0 fully saturated rings. The smallest absolute Gasteiger partial charge is 0.417 e. The minimum Gasteiger partial charge on any atom is -0.494 e. The number of alkyl halides is 4. The Bertz CT molecular complexity index is 767. The van der Waals surface area contributed by atoms with Gasteiger partial charge < -0.3 is 9.47 Å². The number of methoxy groups -OCH3 is 1. The minimum atomic E-state index is -4.59. The predicted molar refractivity (Wildman–Crippen MR) is 91.9 cm³/mol. The van der Waals surface area contributed by atoms with Crippen LogP contribution in [0.25, 0.3) is 11.4 Å². The van der Waals surface area contributed by atoms with E-state index in [0.717, 1.165) is 6.07 Å². The summed E-state index contributed by atoms with van der Waals surface area (Å²) in [6.07, 6.45) is -1.35. The highest BCUT2D eigenvalue weighted by Gasteiger charge is 2.35. The molecule has 0 radical (unpaired) electrons. The quantitative estimate of drug-likeness (QED) is 0.494. The van der Waals surface area contributed by atoms with Crippen LogP contribution < -0.4 is 4.74 Å². The van der Waals surface area contributed by atoms with E-state index in [0.29, 0.717) is 18.6 Å². The lowest BCUT2D eigenvalue weighted by molar-refractivity contribution is -0.140. The Morgan fingerprint density at radius 2 is 1.92 bits per heavy atom. The largest absolute Gasteiger partial charge is 0.494 e. The number of hydrogen-bond donors (Lipinski definition) is 0. The summed E-state index contributed by atoms with van der Waals surface area (Å²) in [5.41, 5.74) is -0.684. The Morgan fingerprint density at radius 1 is 1.27 bits per heavy atom. The number of hydrogen-bond acceptors (Lipinski definition) is 5. The molecule has 0 aliphatic carbocycles. The van der Waals surface area contributed by atoms with Gasteiger partial charge in [-0.15, -0.1) is 0 Å². The maximum atomic E-state index is 13.4. The van der Waals surface area contributed by atoms with E-state index in [2.05, 4.69) is 30.6 Å². The molecule has 1 aromatic carbocycles. The van der Waals surface area contributed by atoms with Crippen molar-refractivity contribution in [3.8, 4) is 17.1 Å². The topological polar surface area (TPSA) is 61.3 Å². The molecule has 1 atom stereocenters. The summed E-state index contributed by atoms with van der Waals surface area (Å²) in [4.78, 5) is 18.6. The van der Waals surface area contributed by atoms with Crippen molar-refractivity contribution in [1.82, 2.24) is 9.97 Å². The highest BCUT2D eigenvalue weighted by molar-refractivity contribution is 9.09. The zero-order valence-electron chi connectivity index (χ0n) is 14.0. The van der Waals surface area contributed by atoms with Gasteiger partial charge in [0.15, 0.2) is 5.82 Å². The third kappa shape index (κ3) is 4.72. The van der Waals surface area contributed by atoms with Gasteiger partial charge in [0.1, 0.15) is 10.6 Å². The fourth-order valence-corrected chi connectivity index (χ4v) is 2.53. The van der Waals surface area contributed by atoms with Gasteiger partial charge in [0.05, 0.1) is 19.3 Å². The van der Waals surface area contributed by atoms with E-state index < -0.39 is 22.5 Å². The van der Waals surface area contributed by atoms with Crippen molar-refractivity contribution >= 4 is 21.9 Å². The zero-order chi connectivity index (χ0) is 19.3. The minimum absolute atomic E-state index is 0.104. The molecule has 2 rings (SSSR count).